The van der Waals surface area contributed by atoms with Crippen molar-refractivity contribution in [1.82, 2.24) is 0 Å². The van der Waals surface area contributed by atoms with E-state index in [0.29, 0.717) is 10.3 Å². The van der Waals surface area contributed by atoms with Crippen LogP contribution in [0.3, 0.4) is 0 Å². The Morgan fingerprint density at radius 1 is 0.800 bits per heavy atom. The van der Waals surface area contributed by atoms with Crippen molar-refractivity contribution in [3.63, 3.8) is 0 Å². The van der Waals surface area contributed by atoms with E-state index in [1.165, 1.54) is 0 Å². The Morgan fingerprint density at radius 3 is 1.00 bits per heavy atom. The minimum atomic E-state index is -0.346. The molecule has 0 saturated carbocycles. The topological polar surface area (TPSA) is 0 Å². The van der Waals surface area contributed by atoms with Crippen LogP contribution in [-0.4, -0.2) is 25.4 Å². The predicted octanol–water partition coefficient (Wildman–Crippen LogP) is 2.88. The Bertz CT molecular complexity index is 120. The van der Waals surface area contributed by atoms with E-state index in [1.807, 2.05) is 0 Å². The van der Waals surface area contributed by atoms with Crippen molar-refractivity contribution < 1.29 is 0 Å². The molecule has 0 aliphatic heterocycles. The fourth-order valence-electron chi connectivity index (χ4n) is 1.12. The molecule has 0 saturated heterocycles. The van der Waals surface area contributed by atoms with Crippen LogP contribution in [0.2, 0.25) is 0 Å². The third kappa shape index (κ3) is 3.37. The molecule has 62 valence electrons. The van der Waals surface area contributed by atoms with E-state index in [4.69, 9.17) is 0 Å². The van der Waals surface area contributed by atoms with Crippen LogP contribution in [0, 0.1) is 0 Å². The Kier molecular flexibility index (Phi) is 3.43. The van der Waals surface area contributed by atoms with Crippen molar-refractivity contribution in [3.05, 3.63) is 0 Å². The Morgan fingerprint density at radius 2 is 1.00 bits per heavy atom. The molecule has 0 aromatic rings. The average molecular weight is 225 g/mol. The molecule has 0 bridgehead atoms. The summed E-state index contributed by atoms with van der Waals surface area (Å²) >= 11 is 3.36. The fraction of sp³-hybridized carbons (Fsp3) is 1.00. The average Bonchev–Trinajstić information content (AvgIpc) is 1.59. The third-order valence-electron chi connectivity index (χ3n) is 1.36. The SMILES string of the molecule is CC(C)(C)[PH](=[Se])C(C)(C)C. The minimum absolute atomic E-state index is 0.346. The maximum atomic E-state index is 3.36. The summed E-state index contributed by atoms with van der Waals surface area (Å²) in [5.41, 5.74) is 0. The molecule has 0 aliphatic rings. The summed E-state index contributed by atoms with van der Waals surface area (Å²) in [6, 6.07) is 0. The van der Waals surface area contributed by atoms with Crippen molar-refractivity contribution in [2.45, 2.75) is 51.9 Å². The second-order valence-corrected chi connectivity index (χ2v) is 11.1. The van der Waals surface area contributed by atoms with E-state index in [9.17, 15) is 0 Å². The summed E-state index contributed by atoms with van der Waals surface area (Å²) in [5.74, 6) is 0. The molecular formula is C8H19PSe. The molecule has 0 heterocycles. The zero-order valence-corrected chi connectivity index (χ0v) is 10.6. The monoisotopic (exact) mass is 226 g/mol. The third-order valence-corrected chi connectivity index (χ3v) is 11.8. The van der Waals surface area contributed by atoms with Crippen molar-refractivity contribution in [2.24, 2.45) is 0 Å². The second-order valence-electron chi connectivity index (χ2n) is 4.83. The molecule has 10 heavy (non-hydrogen) atoms. The van der Waals surface area contributed by atoms with Crippen LogP contribution in [0.5, 0.6) is 0 Å². The first kappa shape index (κ1) is 10.9. The molecule has 0 fully saturated rings. The van der Waals surface area contributed by atoms with Crippen LogP contribution in [0.15, 0.2) is 0 Å². The van der Waals surface area contributed by atoms with Crippen molar-refractivity contribution in [2.75, 3.05) is 0 Å². The zero-order valence-electron chi connectivity index (χ0n) is 7.91. The Balaban J connectivity index is 4.40. The molecule has 0 aromatic carbocycles. The number of rotatable bonds is 0. The molecule has 0 atom stereocenters. The molecular weight excluding hydrogens is 206 g/mol. The summed E-state index contributed by atoms with van der Waals surface area (Å²) in [6.07, 6.45) is -0.346. The van der Waals surface area contributed by atoms with Crippen molar-refractivity contribution >= 4 is 21.3 Å². The van der Waals surface area contributed by atoms with Crippen LogP contribution >= 0.6 is 6.17 Å². The summed E-state index contributed by atoms with van der Waals surface area (Å²) in [7, 11) is 0. The van der Waals surface area contributed by atoms with Gasteiger partial charge in [-0.15, -0.1) is 0 Å². The molecule has 0 aromatic heterocycles. The first-order valence-corrected chi connectivity index (χ1v) is 7.68. The molecule has 0 amide bonds. The van der Waals surface area contributed by atoms with Crippen LogP contribution in [0.25, 0.3) is 0 Å². The van der Waals surface area contributed by atoms with Gasteiger partial charge >= 0.3 is 73.1 Å². The fourth-order valence-corrected chi connectivity index (χ4v) is 3.38. The van der Waals surface area contributed by atoms with Crippen LogP contribution in [-0.2, 0) is 0 Å². The van der Waals surface area contributed by atoms with Gasteiger partial charge in [-0.25, -0.2) is 0 Å². The summed E-state index contributed by atoms with van der Waals surface area (Å²) < 4.78 is 0. The molecule has 0 nitrogen and oxygen atoms in total. The molecule has 0 unspecified atom stereocenters. The molecule has 0 N–H and O–H groups in total. The van der Waals surface area contributed by atoms with Gasteiger partial charge in [0.15, 0.2) is 0 Å². The normalized spacial score (nSPS) is 14.3. The molecule has 2 heteroatoms. The van der Waals surface area contributed by atoms with Gasteiger partial charge in [0, 0.05) is 0 Å². The summed E-state index contributed by atoms with van der Waals surface area (Å²) in [6.45, 7) is 13.9. The van der Waals surface area contributed by atoms with Crippen LogP contribution < -0.4 is 0 Å². The molecule has 0 spiro atoms. The Labute approximate surface area is 73.4 Å². The van der Waals surface area contributed by atoms with Crippen LogP contribution in [0.4, 0.5) is 0 Å². The van der Waals surface area contributed by atoms with Gasteiger partial charge in [0.1, 0.15) is 0 Å². The van der Waals surface area contributed by atoms with E-state index in [1.54, 1.807) is 0 Å². The van der Waals surface area contributed by atoms with Gasteiger partial charge in [0.2, 0.25) is 0 Å². The van der Waals surface area contributed by atoms with E-state index in [-0.39, 0.29) is 6.17 Å². The molecule has 0 aliphatic carbocycles. The van der Waals surface area contributed by atoms with Gasteiger partial charge in [-0.3, -0.25) is 0 Å². The van der Waals surface area contributed by atoms with Crippen molar-refractivity contribution in [1.29, 1.82) is 0 Å². The van der Waals surface area contributed by atoms with Gasteiger partial charge < -0.3 is 0 Å². The standard InChI is InChI=1S/C8H19PSe/c1-7(2,3)9(10)8(4,5)6/h9H,1-6H3. The van der Waals surface area contributed by atoms with E-state index in [0.717, 1.165) is 0 Å². The Hall–Kier alpha value is 0.949. The van der Waals surface area contributed by atoms with Gasteiger partial charge in [0.25, 0.3) is 0 Å². The van der Waals surface area contributed by atoms with E-state index in [2.05, 4.69) is 56.6 Å². The van der Waals surface area contributed by atoms with E-state index < -0.39 is 0 Å². The van der Waals surface area contributed by atoms with Gasteiger partial charge in [-0.1, -0.05) is 0 Å². The quantitative estimate of drug-likeness (QED) is 0.439. The maximum absolute atomic E-state index is 3.36. The second kappa shape index (κ2) is 3.13. The van der Waals surface area contributed by atoms with Gasteiger partial charge in [0.05, 0.1) is 0 Å². The van der Waals surface area contributed by atoms with E-state index >= 15 is 0 Å². The first-order chi connectivity index (χ1) is 4.15. The number of hydrogen-bond acceptors (Lipinski definition) is 0. The number of hydrogen-bond donors (Lipinski definition) is 0. The first-order valence-electron chi connectivity index (χ1n) is 3.70. The predicted molar refractivity (Wildman–Crippen MR) is 53.6 cm³/mol. The molecule has 0 radical (unpaired) electrons. The summed E-state index contributed by atoms with van der Waals surface area (Å²) in [5, 5.41) is 0.978. The molecule has 0 rings (SSSR count). The summed E-state index contributed by atoms with van der Waals surface area (Å²) in [4.78, 5) is 0. The van der Waals surface area contributed by atoms with Crippen molar-refractivity contribution in [3.8, 4) is 0 Å². The van der Waals surface area contributed by atoms with Gasteiger partial charge in [-0.2, -0.15) is 0 Å². The van der Waals surface area contributed by atoms with Crippen LogP contribution in [0.1, 0.15) is 41.5 Å². The zero-order chi connectivity index (χ0) is 8.58. The van der Waals surface area contributed by atoms with Gasteiger partial charge in [-0.05, 0) is 0 Å².